The molecule has 0 radical (unpaired) electrons. The predicted octanol–water partition coefficient (Wildman–Crippen LogP) is 2.84. The Morgan fingerprint density at radius 2 is 1.83 bits per heavy atom. The normalized spacial score (nSPS) is 11.7. The molecule has 0 saturated heterocycles. The Morgan fingerprint density at radius 1 is 1.25 bits per heavy atom. The van der Waals surface area contributed by atoms with Crippen molar-refractivity contribution < 1.29 is 0 Å². The molecule has 0 fully saturated rings. The molecule has 0 aliphatic rings. The monoisotopic (exact) mass is 242 g/mol. The van der Waals surface area contributed by atoms with Crippen LogP contribution in [0.25, 0.3) is 0 Å². The topological polar surface area (TPSA) is 0 Å². The Balaban J connectivity index is 3.10. The van der Waals surface area contributed by atoms with Gasteiger partial charge in [-0.25, -0.2) is 0 Å². The highest BCUT2D eigenvalue weighted by atomic mass is 79.9. The van der Waals surface area contributed by atoms with E-state index >= 15 is 0 Å². The molecule has 2 heteroatoms. The highest BCUT2D eigenvalue weighted by Crippen LogP contribution is 2.09. The molecule has 0 aliphatic heterocycles. The number of benzene rings is 1. The minimum Gasteiger partial charge on any atom is -0.0958 e. The first-order valence-corrected chi connectivity index (χ1v) is 8.53. The van der Waals surface area contributed by atoms with E-state index in [9.17, 15) is 0 Å². The van der Waals surface area contributed by atoms with Gasteiger partial charge in [0.2, 0.25) is 0 Å². The fraction of sp³-hybridized carbons (Fsp3) is 0.400. The zero-order valence-electron chi connectivity index (χ0n) is 7.89. The SMILES string of the molecule is Cc1ccccc1[Si](C)(C)CBr. The second-order valence-corrected chi connectivity index (χ2v) is 10.1. The second-order valence-electron chi connectivity index (χ2n) is 3.83. The van der Waals surface area contributed by atoms with Gasteiger partial charge in [0.1, 0.15) is 0 Å². The van der Waals surface area contributed by atoms with Crippen LogP contribution in [-0.2, 0) is 0 Å². The number of alkyl halides is 1. The summed E-state index contributed by atoms with van der Waals surface area (Å²) in [6.45, 7) is 6.99. The van der Waals surface area contributed by atoms with Gasteiger partial charge in [-0.3, -0.25) is 0 Å². The molecular weight excluding hydrogens is 228 g/mol. The third kappa shape index (κ3) is 1.99. The largest absolute Gasteiger partial charge is 0.0958 e. The Bertz CT molecular complexity index is 268. The van der Waals surface area contributed by atoms with Gasteiger partial charge >= 0.3 is 0 Å². The molecule has 1 aromatic carbocycles. The molecule has 0 nitrogen and oxygen atoms in total. The van der Waals surface area contributed by atoms with Gasteiger partial charge in [0.05, 0.1) is 8.07 Å². The summed E-state index contributed by atoms with van der Waals surface area (Å²) in [5, 5.41) is 1.57. The number of hydrogen-bond acceptors (Lipinski definition) is 0. The maximum Gasteiger partial charge on any atom is 0.0915 e. The van der Waals surface area contributed by atoms with Crippen LogP contribution in [0.4, 0.5) is 0 Å². The molecular formula is C10H15BrSi. The lowest BCUT2D eigenvalue weighted by atomic mass is 10.2. The third-order valence-corrected chi connectivity index (χ3v) is 9.10. The summed E-state index contributed by atoms with van der Waals surface area (Å²) >= 11 is 3.60. The summed E-state index contributed by atoms with van der Waals surface area (Å²) in [5.41, 5.74) is 1.44. The van der Waals surface area contributed by atoms with E-state index in [1.165, 1.54) is 5.56 Å². The molecule has 0 aromatic heterocycles. The molecule has 0 N–H and O–H groups in total. The van der Waals surface area contributed by atoms with E-state index in [2.05, 4.69) is 60.2 Å². The first kappa shape index (κ1) is 10.0. The van der Waals surface area contributed by atoms with E-state index in [4.69, 9.17) is 0 Å². The summed E-state index contributed by atoms with van der Waals surface area (Å²) < 4.78 is 0. The average molecular weight is 243 g/mol. The molecule has 0 heterocycles. The van der Waals surface area contributed by atoms with Crippen LogP contribution in [0.3, 0.4) is 0 Å². The molecule has 0 saturated carbocycles. The van der Waals surface area contributed by atoms with Gasteiger partial charge in [-0.1, -0.05) is 64.0 Å². The minimum absolute atomic E-state index is 1.14. The van der Waals surface area contributed by atoms with Gasteiger partial charge in [-0.15, -0.1) is 0 Å². The average Bonchev–Trinajstić information content (AvgIpc) is 2.05. The highest BCUT2D eigenvalue weighted by Gasteiger charge is 2.22. The van der Waals surface area contributed by atoms with E-state index < -0.39 is 8.07 Å². The molecule has 0 spiro atoms. The first-order valence-electron chi connectivity index (χ1n) is 4.20. The fourth-order valence-electron chi connectivity index (χ4n) is 1.40. The molecule has 1 rings (SSSR count). The molecule has 12 heavy (non-hydrogen) atoms. The van der Waals surface area contributed by atoms with Crippen molar-refractivity contribution in [3.05, 3.63) is 29.8 Å². The zero-order chi connectivity index (χ0) is 9.19. The van der Waals surface area contributed by atoms with Crippen molar-refractivity contribution in [2.24, 2.45) is 0 Å². The van der Waals surface area contributed by atoms with E-state index in [1.54, 1.807) is 5.19 Å². The van der Waals surface area contributed by atoms with E-state index in [0.717, 1.165) is 4.95 Å². The highest BCUT2D eigenvalue weighted by molar-refractivity contribution is 9.09. The Labute approximate surface area is 84.1 Å². The molecule has 66 valence electrons. The first-order chi connectivity index (χ1) is 5.58. The molecule has 0 bridgehead atoms. The van der Waals surface area contributed by atoms with Crippen molar-refractivity contribution in [1.82, 2.24) is 0 Å². The quantitative estimate of drug-likeness (QED) is 0.553. The third-order valence-electron chi connectivity index (χ3n) is 2.21. The van der Waals surface area contributed by atoms with Gasteiger partial charge in [-0.2, -0.15) is 0 Å². The molecule has 0 aliphatic carbocycles. The molecule has 0 unspecified atom stereocenters. The lowest BCUT2D eigenvalue weighted by Crippen LogP contribution is -2.44. The summed E-state index contributed by atoms with van der Waals surface area (Å²) in [7, 11) is -1.18. The summed E-state index contributed by atoms with van der Waals surface area (Å²) in [5.74, 6) is 0. The van der Waals surface area contributed by atoms with Crippen molar-refractivity contribution in [2.75, 3.05) is 4.95 Å². The van der Waals surface area contributed by atoms with Crippen LogP contribution in [0.15, 0.2) is 24.3 Å². The number of hydrogen-bond donors (Lipinski definition) is 0. The number of halogens is 1. The van der Waals surface area contributed by atoms with Crippen LogP contribution in [0.1, 0.15) is 5.56 Å². The fourth-order valence-corrected chi connectivity index (χ4v) is 4.15. The smallest absolute Gasteiger partial charge is 0.0915 e. The maximum absolute atomic E-state index is 3.60. The van der Waals surface area contributed by atoms with E-state index in [1.807, 2.05) is 0 Å². The van der Waals surface area contributed by atoms with Gasteiger partial charge in [0.15, 0.2) is 0 Å². The minimum atomic E-state index is -1.18. The lowest BCUT2D eigenvalue weighted by molar-refractivity contribution is 1.49. The van der Waals surface area contributed by atoms with Crippen molar-refractivity contribution in [3.63, 3.8) is 0 Å². The van der Waals surface area contributed by atoms with Gasteiger partial charge in [0.25, 0.3) is 0 Å². The van der Waals surface area contributed by atoms with Crippen LogP contribution in [0.2, 0.25) is 13.1 Å². The van der Waals surface area contributed by atoms with Crippen molar-refractivity contribution in [1.29, 1.82) is 0 Å². The van der Waals surface area contributed by atoms with Crippen LogP contribution in [0, 0.1) is 6.92 Å². The van der Waals surface area contributed by atoms with Crippen LogP contribution >= 0.6 is 15.9 Å². The zero-order valence-corrected chi connectivity index (χ0v) is 10.5. The standard InChI is InChI=1S/C10H15BrSi/c1-9-6-4-5-7-10(9)12(2,3)8-11/h4-7H,8H2,1-3H3. The van der Waals surface area contributed by atoms with E-state index in [-0.39, 0.29) is 0 Å². The van der Waals surface area contributed by atoms with E-state index in [0.29, 0.717) is 0 Å². The van der Waals surface area contributed by atoms with Crippen LogP contribution in [-0.4, -0.2) is 13.0 Å². The van der Waals surface area contributed by atoms with Crippen molar-refractivity contribution >= 4 is 29.2 Å². The second kappa shape index (κ2) is 3.75. The maximum atomic E-state index is 3.60. The molecule has 1 aromatic rings. The Morgan fingerprint density at radius 3 is 2.33 bits per heavy atom. The van der Waals surface area contributed by atoms with Crippen LogP contribution < -0.4 is 5.19 Å². The summed E-state index contributed by atoms with van der Waals surface area (Å²) in [6, 6.07) is 8.72. The van der Waals surface area contributed by atoms with Crippen molar-refractivity contribution in [2.45, 2.75) is 20.0 Å². The van der Waals surface area contributed by atoms with Gasteiger partial charge in [-0.05, 0) is 6.92 Å². The number of aryl methyl sites for hydroxylation is 1. The van der Waals surface area contributed by atoms with Crippen molar-refractivity contribution in [3.8, 4) is 0 Å². The predicted molar refractivity (Wildman–Crippen MR) is 62.1 cm³/mol. The Hall–Kier alpha value is -0.0831. The summed E-state index contributed by atoms with van der Waals surface area (Å²) in [4.78, 5) is 1.14. The van der Waals surface area contributed by atoms with Gasteiger partial charge in [0, 0.05) is 4.95 Å². The van der Waals surface area contributed by atoms with Crippen LogP contribution in [0.5, 0.6) is 0 Å². The molecule has 0 amide bonds. The Kier molecular flexibility index (Phi) is 3.13. The number of rotatable bonds is 2. The lowest BCUT2D eigenvalue weighted by Gasteiger charge is -2.21. The summed E-state index contributed by atoms with van der Waals surface area (Å²) in [6.07, 6.45) is 0. The molecule has 0 atom stereocenters. The van der Waals surface area contributed by atoms with Gasteiger partial charge < -0.3 is 0 Å².